The molecule has 0 aliphatic heterocycles. The monoisotopic (exact) mass is 289 g/mol. The Hall–Kier alpha value is -2.56. The first-order valence-corrected chi connectivity index (χ1v) is 6.54. The van der Waals surface area contributed by atoms with Gasteiger partial charge in [-0.15, -0.1) is 0 Å². The van der Waals surface area contributed by atoms with Crippen molar-refractivity contribution in [2.45, 2.75) is 13.5 Å². The van der Waals surface area contributed by atoms with Crippen molar-refractivity contribution in [1.29, 1.82) is 0 Å². The number of rotatable bonds is 5. The van der Waals surface area contributed by atoms with Gasteiger partial charge in [-0.25, -0.2) is 9.18 Å². The lowest BCUT2D eigenvalue weighted by molar-refractivity contribution is 0.0468. The Morgan fingerprint density at radius 1 is 1.19 bits per heavy atom. The van der Waals surface area contributed by atoms with Gasteiger partial charge in [0.05, 0.1) is 12.3 Å². The fraction of sp³-hybridized carbons (Fsp3) is 0.188. The number of anilines is 1. The van der Waals surface area contributed by atoms with Crippen molar-refractivity contribution in [3.05, 3.63) is 59.4 Å². The van der Waals surface area contributed by atoms with E-state index in [0.717, 1.165) is 0 Å². The number of carbonyl (C=O) groups is 1. The fourth-order valence-corrected chi connectivity index (χ4v) is 1.83. The molecule has 0 bridgehead atoms. The van der Waals surface area contributed by atoms with Gasteiger partial charge in [-0.1, -0.05) is 18.2 Å². The molecule has 0 spiro atoms. The Morgan fingerprint density at radius 2 is 1.90 bits per heavy atom. The predicted molar refractivity (Wildman–Crippen MR) is 77.5 cm³/mol. The summed E-state index contributed by atoms with van der Waals surface area (Å²) in [5, 5.41) is 0. The van der Waals surface area contributed by atoms with Crippen LogP contribution in [0.4, 0.5) is 10.1 Å². The summed E-state index contributed by atoms with van der Waals surface area (Å²) in [4.78, 5) is 12.1. The molecule has 0 fully saturated rings. The molecule has 110 valence electrons. The lowest BCUT2D eigenvalue weighted by Crippen LogP contribution is -2.09. The van der Waals surface area contributed by atoms with E-state index in [1.165, 1.54) is 12.1 Å². The van der Waals surface area contributed by atoms with Crippen molar-refractivity contribution in [3.63, 3.8) is 0 Å². The quantitative estimate of drug-likeness (QED) is 0.678. The average Bonchev–Trinajstić information content (AvgIpc) is 2.48. The minimum absolute atomic E-state index is 0.0550. The molecule has 2 aromatic carbocycles. The van der Waals surface area contributed by atoms with Crippen LogP contribution in [0.1, 0.15) is 22.8 Å². The Balaban J connectivity index is 2.10. The van der Waals surface area contributed by atoms with Gasteiger partial charge in [0.2, 0.25) is 0 Å². The second-order valence-electron chi connectivity index (χ2n) is 4.36. The van der Waals surface area contributed by atoms with Crippen LogP contribution >= 0.6 is 0 Å². The van der Waals surface area contributed by atoms with Gasteiger partial charge in [-0.05, 0) is 36.8 Å². The van der Waals surface area contributed by atoms with E-state index in [1.807, 2.05) is 0 Å². The van der Waals surface area contributed by atoms with Crippen molar-refractivity contribution in [1.82, 2.24) is 0 Å². The van der Waals surface area contributed by atoms with E-state index < -0.39 is 5.97 Å². The SMILES string of the molecule is CCOc1c(N)cccc1C(=O)OCc1ccc(F)cc1. The lowest BCUT2D eigenvalue weighted by atomic mass is 10.1. The van der Waals surface area contributed by atoms with Gasteiger partial charge in [0.25, 0.3) is 0 Å². The molecular weight excluding hydrogens is 273 g/mol. The third kappa shape index (κ3) is 3.72. The van der Waals surface area contributed by atoms with Crippen LogP contribution in [0.5, 0.6) is 5.75 Å². The van der Waals surface area contributed by atoms with Crippen molar-refractivity contribution >= 4 is 11.7 Å². The van der Waals surface area contributed by atoms with Crippen LogP contribution in [0.25, 0.3) is 0 Å². The first-order chi connectivity index (χ1) is 10.1. The molecule has 0 aliphatic carbocycles. The molecule has 0 amide bonds. The van der Waals surface area contributed by atoms with E-state index >= 15 is 0 Å². The van der Waals surface area contributed by atoms with Gasteiger partial charge in [0.1, 0.15) is 18.0 Å². The highest BCUT2D eigenvalue weighted by molar-refractivity contribution is 5.94. The molecule has 2 N–H and O–H groups in total. The molecule has 0 radical (unpaired) electrons. The van der Waals surface area contributed by atoms with Gasteiger partial charge >= 0.3 is 5.97 Å². The summed E-state index contributed by atoms with van der Waals surface area (Å²) in [5.74, 6) is -0.543. The molecule has 0 aromatic heterocycles. The zero-order valence-electron chi connectivity index (χ0n) is 11.6. The van der Waals surface area contributed by atoms with E-state index in [0.29, 0.717) is 23.6 Å². The minimum atomic E-state index is -0.532. The molecular formula is C16H16FNO3. The second kappa shape index (κ2) is 6.74. The van der Waals surface area contributed by atoms with Gasteiger partial charge < -0.3 is 15.2 Å². The van der Waals surface area contributed by atoms with Crippen molar-refractivity contribution in [3.8, 4) is 5.75 Å². The van der Waals surface area contributed by atoms with Gasteiger partial charge in [-0.2, -0.15) is 0 Å². The van der Waals surface area contributed by atoms with Crippen LogP contribution in [0.15, 0.2) is 42.5 Å². The number of benzene rings is 2. The average molecular weight is 289 g/mol. The standard InChI is InChI=1S/C16H16FNO3/c1-2-20-15-13(4-3-5-14(15)18)16(19)21-10-11-6-8-12(17)9-7-11/h3-9H,2,10,18H2,1H3. The Labute approximate surface area is 122 Å². The summed E-state index contributed by atoms with van der Waals surface area (Å²) in [5.41, 5.74) is 7.15. The summed E-state index contributed by atoms with van der Waals surface area (Å²) in [6.45, 7) is 2.26. The molecule has 0 saturated carbocycles. The van der Waals surface area contributed by atoms with E-state index in [1.54, 1.807) is 37.3 Å². The highest BCUT2D eigenvalue weighted by Crippen LogP contribution is 2.27. The van der Waals surface area contributed by atoms with Crippen LogP contribution in [-0.4, -0.2) is 12.6 Å². The zero-order chi connectivity index (χ0) is 15.2. The highest BCUT2D eigenvalue weighted by atomic mass is 19.1. The van der Waals surface area contributed by atoms with Crippen LogP contribution in [-0.2, 0) is 11.3 Å². The lowest BCUT2D eigenvalue weighted by Gasteiger charge is -2.12. The Morgan fingerprint density at radius 3 is 2.57 bits per heavy atom. The van der Waals surface area contributed by atoms with Crippen molar-refractivity contribution in [2.24, 2.45) is 0 Å². The van der Waals surface area contributed by atoms with Crippen LogP contribution in [0.2, 0.25) is 0 Å². The van der Waals surface area contributed by atoms with E-state index in [-0.39, 0.29) is 18.0 Å². The van der Waals surface area contributed by atoms with E-state index in [2.05, 4.69) is 0 Å². The van der Waals surface area contributed by atoms with Gasteiger partial charge in [-0.3, -0.25) is 0 Å². The molecule has 0 aliphatic rings. The molecule has 0 atom stereocenters. The molecule has 2 aromatic rings. The molecule has 0 unspecified atom stereocenters. The smallest absolute Gasteiger partial charge is 0.342 e. The van der Waals surface area contributed by atoms with E-state index in [4.69, 9.17) is 15.2 Å². The zero-order valence-corrected chi connectivity index (χ0v) is 11.6. The van der Waals surface area contributed by atoms with Crippen molar-refractivity contribution < 1.29 is 18.7 Å². The first-order valence-electron chi connectivity index (χ1n) is 6.54. The molecule has 21 heavy (non-hydrogen) atoms. The molecule has 0 saturated heterocycles. The number of ether oxygens (including phenoxy) is 2. The maximum atomic E-state index is 12.8. The molecule has 4 nitrogen and oxygen atoms in total. The number of nitrogen functional groups attached to an aromatic ring is 1. The Bertz CT molecular complexity index is 626. The normalized spacial score (nSPS) is 10.2. The summed E-state index contributed by atoms with van der Waals surface area (Å²) in [6.07, 6.45) is 0. The Kier molecular flexibility index (Phi) is 4.77. The maximum absolute atomic E-state index is 12.8. The number of hydrogen-bond acceptors (Lipinski definition) is 4. The topological polar surface area (TPSA) is 61.5 Å². The summed E-state index contributed by atoms with van der Waals surface area (Å²) in [7, 11) is 0. The second-order valence-corrected chi connectivity index (χ2v) is 4.36. The van der Waals surface area contributed by atoms with Crippen LogP contribution in [0.3, 0.4) is 0 Å². The number of nitrogens with two attached hydrogens (primary N) is 1. The van der Waals surface area contributed by atoms with Crippen LogP contribution < -0.4 is 10.5 Å². The molecule has 2 rings (SSSR count). The fourth-order valence-electron chi connectivity index (χ4n) is 1.83. The minimum Gasteiger partial charge on any atom is -0.491 e. The summed E-state index contributed by atoms with van der Waals surface area (Å²) < 4.78 is 23.4. The third-order valence-corrected chi connectivity index (χ3v) is 2.84. The van der Waals surface area contributed by atoms with Crippen molar-refractivity contribution in [2.75, 3.05) is 12.3 Å². The number of esters is 1. The number of hydrogen-bond donors (Lipinski definition) is 1. The van der Waals surface area contributed by atoms with E-state index in [9.17, 15) is 9.18 Å². The molecule has 0 heterocycles. The predicted octanol–water partition coefficient (Wildman–Crippen LogP) is 3.16. The largest absolute Gasteiger partial charge is 0.491 e. The van der Waals surface area contributed by atoms with Crippen LogP contribution in [0, 0.1) is 5.82 Å². The number of carbonyl (C=O) groups excluding carboxylic acids is 1. The van der Waals surface area contributed by atoms with Gasteiger partial charge in [0.15, 0.2) is 5.75 Å². The number of halogens is 1. The third-order valence-electron chi connectivity index (χ3n) is 2.84. The summed E-state index contributed by atoms with van der Waals surface area (Å²) in [6, 6.07) is 10.7. The number of para-hydroxylation sites is 1. The maximum Gasteiger partial charge on any atom is 0.342 e. The van der Waals surface area contributed by atoms with Gasteiger partial charge in [0, 0.05) is 0 Å². The highest BCUT2D eigenvalue weighted by Gasteiger charge is 2.16. The summed E-state index contributed by atoms with van der Waals surface area (Å²) >= 11 is 0. The molecule has 5 heteroatoms. The first kappa shape index (κ1) is 14.8.